The molecule has 2 heterocycles. The van der Waals surface area contributed by atoms with E-state index in [4.69, 9.17) is 4.74 Å². The van der Waals surface area contributed by atoms with Gasteiger partial charge in [-0.3, -0.25) is 14.5 Å². The molecule has 0 unspecified atom stereocenters. The first-order valence-electron chi connectivity index (χ1n) is 15.0. The monoisotopic (exact) mass is 534 g/mol. The Morgan fingerprint density at radius 2 is 1.64 bits per heavy atom. The minimum absolute atomic E-state index is 0.0156. The standard InChI is InChI=1S/C32H46N4O3/c1-2-3-4-5-6-7-8-13-31(37)34-28-14-15-30(36-18-16-26-11-9-10-12-27(26)25-36)29(24-28)32(38)33-17-19-35-20-22-39-23-21-35/h9-12,14-15,24H,2-8,13,16-23,25H2,1H3,(H,33,38)(H,34,37). The van der Waals surface area contributed by atoms with Crippen LogP contribution < -0.4 is 15.5 Å². The van der Waals surface area contributed by atoms with E-state index in [1.54, 1.807) is 0 Å². The summed E-state index contributed by atoms with van der Waals surface area (Å²) in [5, 5.41) is 6.17. The molecule has 212 valence electrons. The van der Waals surface area contributed by atoms with Gasteiger partial charge in [-0.1, -0.05) is 69.7 Å². The highest BCUT2D eigenvalue weighted by molar-refractivity contribution is 6.02. The zero-order valence-corrected chi connectivity index (χ0v) is 23.7. The van der Waals surface area contributed by atoms with E-state index in [0.717, 1.165) is 70.9 Å². The van der Waals surface area contributed by atoms with Crippen LogP contribution in [0, 0.1) is 0 Å². The van der Waals surface area contributed by atoms with Crippen LogP contribution in [0.1, 0.15) is 79.8 Å². The van der Waals surface area contributed by atoms with E-state index in [1.807, 2.05) is 18.2 Å². The Labute approximate surface area is 234 Å². The maximum Gasteiger partial charge on any atom is 0.253 e. The van der Waals surface area contributed by atoms with Crippen LogP contribution in [0.4, 0.5) is 11.4 Å². The van der Waals surface area contributed by atoms with Crippen molar-refractivity contribution in [3.63, 3.8) is 0 Å². The first-order chi connectivity index (χ1) is 19.1. The summed E-state index contributed by atoms with van der Waals surface area (Å²) in [6.07, 6.45) is 9.72. The second-order valence-electron chi connectivity index (χ2n) is 10.8. The molecular formula is C32H46N4O3. The molecule has 39 heavy (non-hydrogen) atoms. The summed E-state index contributed by atoms with van der Waals surface area (Å²) in [7, 11) is 0. The first-order valence-corrected chi connectivity index (χ1v) is 15.0. The molecule has 1 saturated heterocycles. The van der Waals surface area contributed by atoms with Gasteiger partial charge in [0.2, 0.25) is 5.91 Å². The molecule has 2 aliphatic heterocycles. The lowest BCUT2D eigenvalue weighted by molar-refractivity contribution is -0.116. The van der Waals surface area contributed by atoms with Gasteiger partial charge in [0.15, 0.2) is 0 Å². The van der Waals surface area contributed by atoms with E-state index in [-0.39, 0.29) is 11.8 Å². The fourth-order valence-electron chi connectivity index (χ4n) is 5.49. The zero-order valence-electron chi connectivity index (χ0n) is 23.7. The van der Waals surface area contributed by atoms with E-state index < -0.39 is 0 Å². The average molecular weight is 535 g/mol. The van der Waals surface area contributed by atoms with Crippen molar-refractivity contribution < 1.29 is 14.3 Å². The van der Waals surface area contributed by atoms with Crippen molar-refractivity contribution >= 4 is 23.2 Å². The number of carbonyl (C=O) groups excluding carboxylic acids is 2. The number of fused-ring (bicyclic) bond motifs is 1. The molecule has 2 amide bonds. The highest BCUT2D eigenvalue weighted by atomic mass is 16.5. The first kappa shape index (κ1) is 29.1. The van der Waals surface area contributed by atoms with E-state index in [1.165, 1.54) is 43.2 Å². The number of unbranched alkanes of at least 4 members (excludes halogenated alkanes) is 6. The Morgan fingerprint density at radius 3 is 2.44 bits per heavy atom. The largest absolute Gasteiger partial charge is 0.379 e. The van der Waals surface area contributed by atoms with Crippen molar-refractivity contribution in [1.29, 1.82) is 0 Å². The molecule has 0 saturated carbocycles. The molecule has 0 radical (unpaired) electrons. The summed E-state index contributed by atoms with van der Waals surface area (Å²) in [6, 6.07) is 14.3. The normalized spacial score (nSPS) is 15.6. The third kappa shape index (κ3) is 9.07. The van der Waals surface area contributed by atoms with Crippen LogP contribution in [0.15, 0.2) is 42.5 Å². The quantitative estimate of drug-likeness (QED) is 0.318. The Morgan fingerprint density at radius 1 is 0.897 bits per heavy atom. The summed E-state index contributed by atoms with van der Waals surface area (Å²) in [4.78, 5) is 30.7. The summed E-state index contributed by atoms with van der Waals surface area (Å²) >= 11 is 0. The van der Waals surface area contributed by atoms with E-state index in [2.05, 4.69) is 51.6 Å². The Hall–Kier alpha value is -2.90. The maximum atomic E-state index is 13.5. The van der Waals surface area contributed by atoms with Gasteiger partial charge >= 0.3 is 0 Å². The molecule has 0 atom stereocenters. The minimum Gasteiger partial charge on any atom is -0.379 e. The van der Waals surface area contributed by atoms with Gasteiger partial charge in [-0.2, -0.15) is 0 Å². The number of carbonyl (C=O) groups is 2. The third-order valence-corrected chi connectivity index (χ3v) is 7.82. The Bertz CT molecular complexity index is 1070. The molecule has 0 aromatic heterocycles. The van der Waals surface area contributed by atoms with E-state index in [0.29, 0.717) is 24.2 Å². The highest BCUT2D eigenvalue weighted by Crippen LogP contribution is 2.30. The fourth-order valence-corrected chi connectivity index (χ4v) is 5.49. The number of morpholine rings is 1. The number of rotatable bonds is 14. The lowest BCUT2D eigenvalue weighted by Gasteiger charge is -2.32. The molecule has 2 aromatic carbocycles. The predicted molar refractivity (Wildman–Crippen MR) is 158 cm³/mol. The van der Waals surface area contributed by atoms with Crippen molar-refractivity contribution in [3.8, 4) is 0 Å². The van der Waals surface area contributed by atoms with Gasteiger partial charge < -0.3 is 20.3 Å². The number of nitrogens with one attached hydrogen (secondary N) is 2. The minimum atomic E-state index is -0.0969. The van der Waals surface area contributed by atoms with Crippen LogP contribution in [-0.4, -0.2) is 62.7 Å². The molecule has 0 bridgehead atoms. The van der Waals surface area contributed by atoms with E-state index >= 15 is 0 Å². The molecule has 7 heteroatoms. The number of hydrogen-bond acceptors (Lipinski definition) is 5. The molecule has 0 aliphatic carbocycles. The number of ether oxygens (including phenoxy) is 1. The van der Waals surface area contributed by atoms with Gasteiger partial charge in [0, 0.05) is 57.1 Å². The zero-order chi connectivity index (χ0) is 27.3. The highest BCUT2D eigenvalue weighted by Gasteiger charge is 2.22. The van der Waals surface area contributed by atoms with Gasteiger partial charge in [-0.05, 0) is 42.2 Å². The lowest BCUT2D eigenvalue weighted by atomic mass is 9.98. The average Bonchev–Trinajstić information content (AvgIpc) is 2.97. The molecule has 7 nitrogen and oxygen atoms in total. The van der Waals surface area contributed by atoms with Gasteiger partial charge in [0.05, 0.1) is 18.8 Å². The number of nitrogens with zero attached hydrogens (tertiary/aromatic N) is 2. The van der Waals surface area contributed by atoms with Gasteiger partial charge in [0.25, 0.3) is 5.91 Å². The summed E-state index contributed by atoms with van der Waals surface area (Å²) < 4.78 is 5.43. The SMILES string of the molecule is CCCCCCCCCC(=O)Nc1ccc(N2CCc3ccccc3C2)c(C(=O)NCCN2CCOCC2)c1. The lowest BCUT2D eigenvalue weighted by Crippen LogP contribution is -2.41. The van der Waals surface area contributed by atoms with Gasteiger partial charge in [0.1, 0.15) is 0 Å². The summed E-state index contributed by atoms with van der Waals surface area (Å²) in [5.74, 6) is -0.0813. The molecule has 2 N–H and O–H groups in total. The van der Waals surface area contributed by atoms with Gasteiger partial charge in [-0.25, -0.2) is 0 Å². The van der Waals surface area contributed by atoms with Crippen LogP contribution in [0.5, 0.6) is 0 Å². The Balaban J connectivity index is 1.38. The predicted octanol–water partition coefficient (Wildman–Crippen LogP) is 5.39. The molecular weight excluding hydrogens is 488 g/mol. The van der Waals surface area contributed by atoms with E-state index in [9.17, 15) is 9.59 Å². The number of amides is 2. The molecule has 0 spiro atoms. The second-order valence-corrected chi connectivity index (χ2v) is 10.8. The van der Waals surface area contributed by atoms with Crippen LogP contribution in [0.2, 0.25) is 0 Å². The molecule has 2 aliphatic rings. The maximum absolute atomic E-state index is 13.5. The smallest absolute Gasteiger partial charge is 0.253 e. The van der Waals surface area contributed by atoms with Crippen LogP contribution >= 0.6 is 0 Å². The summed E-state index contributed by atoms with van der Waals surface area (Å²) in [5.41, 5.74) is 4.89. The van der Waals surface area contributed by atoms with Gasteiger partial charge in [-0.15, -0.1) is 0 Å². The summed E-state index contributed by atoms with van der Waals surface area (Å²) in [6.45, 7) is 8.52. The topological polar surface area (TPSA) is 73.9 Å². The van der Waals surface area contributed by atoms with Crippen LogP contribution in [-0.2, 0) is 22.5 Å². The van der Waals surface area contributed by atoms with Crippen molar-refractivity contribution in [1.82, 2.24) is 10.2 Å². The van der Waals surface area contributed by atoms with Crippen molar-refractivity contribution in [2.75, 3.05) is 56.2 Å². The number of benzene rings is 2. The van der Waals surface area contributed by atoms with Crippen LogP contribution in [0.25, 0.3) is 0 Å². The molecule has 2 aromatic rings. The Kier molecular flexibility index (Phi) is 11.7. The van der Waals surface area contributed by atoms with Crippen molar-refractivity contribution in [2.45, 2.75) is 71.3 Å². The second kappa shape index (κ2) is 15.6. The molecule has 1 fully saturated rings. The van der Waals surface area contributed by atoms with Crippen LogP contribution in [0.3, 0.4) is 0 Å². The number of anilines is 2. The van der Waals surface area contributed by atoms with Crippen molar-refractivity contribution in [2.24, 2.45) is 0 Å². The fraction of sp³-hybridized carbons (Fsp3) is 0.562. The number of hydrogen-bond donors (Lipinski definition) is 2. The third-order valence-electron chi connectivity index (χ3n) is 7.82. The molecule has 4 rings (SSSR count). The van der Waals surface area contributed by atoms with Crippen molar-refractivity contribution in [3.05, 3.63) is 59.2 Å².